The first-order valence-electron chi connectivity index (χ1n) is 6.48. The fourth-order valence-electron chi connectivity index (χ4n) is 1.95. The summed E-state index contributed by atoms with van der Waals surface area (Å²) < 4.78 is 78.4. The molecule has 2 nitrogen and oxygen atoms in total. The Hall–Kier alpha value is -2.15. The largest absolute Gasteiger partial charge is 0.420 e. The molecule has 0 bridgehead atoms. The fraction of sp³-hybridized carbons (Fsp3) is 0.125. The molecule has 0 aromatic heterocycles. The van der Waals surface area contributed by atoms with Gasteiger partial charge < -0.3 is 0 Å². The Morgan fingerprint density at radius 2 is 1.43 bits per heavy atom. The molecule has 2 aromatic rings. The van der Waals surface area contributed by atoms with Gasteiger partial charge in [0.15, 0.2) is 0 Å². The molecule has 2 aromatic carbocycles. The SMILES string of the molecule is Cc1ccc(/C(=C(\F)S(=O)(=O)c2ccccc2)C(F)(F)F)cc1. The number of hydrogen-bond acceptors (Lipinski definition) is 2. The molecular formula is C16H12F4O2S. The molecule has 0 saturated carbocycles. The van der Waals surface area contributed by atoms with Gasteiger partial charge in [-0.05, 0) is 24.6 Å². The molecule has 23 heavy (non-hydrogen) atoms. The lowest BCUT2D eigenvalue weighted by atomic mass is 10.1. The number of rotatable bonds is 3. The van der Waals surface area contributed by atoms with Gasteiger partial charge in [0.2, 0.25) is 15.0 Å². The van der Waals surface area contributed by atoms with Crippen LogP contribution >= 0.6 is 0 Å². The van der Waals surface area contributed by atoms with Gasteiger partial charge in [0, 0.05) is 0 Å². The Kier molecular flexibility index (Phi) is 4.61. The highest BCUT2D eigenvalue weighted by Gasteiger charge is 2.42. The van der Waals surface area contributed by atoms with Crippen LogP contribution in [0, 0.1) is 6.92 Å². The zero-order valence-electron chi connectivity index (χ0n) is 11.9. The molecule has 0 unspecified atom stereocenters. The summed E-state index contributed by atoms with van der Waals surface area (Å²) in [6.45, 7) is 1.65. The normalized spacial score (nSPS) is 13.6. The van der Waals surface area contributed by atoms with Gasteiger partial charge in [0.25, 0.3) is 0 Å². The van der Waals surface area contributed by atoms with Gasteiger partial charge in [0.05, 0.1) is 4.90 Å². The van der Waals surface area contributed by atoms with Crippen molar-refractivity contribution in [1.82, 2.24) is 0 Å². The predicted molar refractivity (Wildman–Crippen MR) is 78.9 cm³/mol. The van der Waals surface area contributed by atoms with Gasteiger partial charge in [-0.15, -0.1) is 0 Å². The van der Waals surface area contributed by atoms with E-state index in [9.17, 15) is 26.0 Å². The number of benzene rings is 2. The van der Waals surface area contributed by atoms with E-state index in [1.807, 2.05) is 0 Å². The number of allylic oxidation sites excluding steroid dienone is 1. The van der Waals surface area contributed by atoms with Crippen molar-refractivity contribution in [2.45, 2.75) is 18.0 Å². The van der Waals surface area contributed by atoms with Crippen molar-refractivity contribution in [3.05, 3.63) is 70.9 Å². The number of hydrogen-bond donors (Lipinski definition) is 0. The van der Waals surface area contributed by atoms with E-state index in [2.05, 4.69) is 0 Å². The Labute approximate surface area is 131 Å². The minimum Gasteiger partial charge on any atom is -0.216 e. The Balaban J connectivity index is 2.71. The van der Waals surface area contributed by atoms with Gasteiger partial charge in [-0.3, -0.25) is 0 Å². The minimum atomic E-state index is -5.15. The van der Waals surface area contributed by atoms with Crippen molar-refractivity contribution in [2.75, 3.05) is 0 Å². The third-order valence-electron chi connectivity index (χ3n) is 3.11. The summed E-state index contributed by atoms with van der Waals surface area (Å²) in [5, 5.41) is -2.21. The number of alkyl halides is 3. The third kappa shape index (κ3) is 3.61. The molecule has 7 heteroatoms. The van der Waals surface area contributed by atoms with Crippen LogP contribution in [0.4, 0.5) is 17.6 Å². The first kappa shape index (κ1) is 17.2. The lowest BCUT2D eigenvalue weighted by Gasteiger charge is -2.14. The molecule has 0 aliphatic rings. The van der Waals surface area contributed by atoms with Crippen molar-refractivity contribution in [3.63, 3.8) is 0 Å². The average molecular weight is 344 g/mol. The molecule has 0 aliphatic heterocycles. The molecule has 2 rings (SSSR count). The van der Waals surface area contributed by atoms with Crippen LogP contribution in [-0.2, 0) is 9.84 Å². The molecule has 0 atom stereocenters. The van der Waals surface area contributed by atoms with Gasteiger partial charge >= 0.3 is 6.18 Å². The smallest absolute Gasteiger partial charge is 0.216 e. The van der Waals surface area contributed by atoms with Crippen LogP contribution in [0.5, 0.6) is 0 Å². The van der Waals surface area contributed by atoms with Gasteiger partial charge in [-0.25, -0.2) is 8.42 Å². The van der Waals surface area contributed by atoms with Crippen LogP contribution in [0.3, 0.4) is 0 Å². The summed E-state index contributed by atoms with van der Waals surface area (Å²) in [5.74, 6) is 0. The standard InChI is InChI=1S/C16H12F4O2S/c1-11-7-9-12(10-8-11)14(16(18,19)20)15(17)23(21,22)13-5-3-2-4-6-13/h2-10H,1H3/b15-14-. The molecule has 0 spiro atoms. The third-order valence-corrected chi connectivity index (χ3v) is 4.68. The fourth-order valence-corrected chi connectivity index (χ4v) is 3.17. The van der Waals surface area contributed by atoms with Crippen molar-refractivity contribution in [1.29, 1.82) is 0 Å². The summed E-state index contributed by atoms with van der Waals surface area (Å²) >= 11 is 0. The Bertz CT molecular complexity index is 821. The second kappa shape index (κ2) is 6.16. The number of sulfone groups is 1. The van der Waals surface area contributed by atoms with Crippen molar-refractivity contribution in [2.24, 2.45) is 0 Å². The summed E-state index contributed by atoms with van der Waals surface area (Å²) in [7, 11) is -4.89. The summed E-state index contributed by atoms with van der Waals surface area (Å²) in [5.41, 5.74) is -1.68. The molecule has 0 radical (unpaired) electrons. The summed E-state index contributed by atoms with van der Waals surface area (Å²) in [6, 6.07) is 10.9. The second-order valence-corrected chi connectivity index (χ2v) is 6.67. The van der Waals surface area contributed by atoms with Crippen LogP contribution in [0.1, 0.15) is 11.1 Å². The quantitative estimate of drug-likeness (QED) is 0.759. The minimum absolute atomic E-state index is 0.536. The first-order valence-corrected chi connectivity index (χ1v) is 7.96. The van der Waals surface area contributed by atoms with E-state index in [0.717, 1.165) is 24.3 Å². The molecular weight excluding hydrogens is 332 g/mol. The van der Waals surface area contributed by atoms with Crippen molar-refractivity contribution >= 4 is 15.4 Å². The van der Waals surface area contributed by atoms with Gasteiger partial charge in [-0.1, -0.05) is 48.0 Å². The second-order valence-electron chi connectivity index (χ2n) is 4.83. The topological polar surface area (TPSA) is 34.1 Å². The maximum atomic E-state index is 14.4. The van der Waals surface area contributed by atoms with E-state index < -0.39 is 37.2 Å². The van der Waals surface area contributed by atoms with Crippen LogP contribution in [-0.4, -0.2) is 14.6 Å². The lowest BCUT2D eigenvalue weighted by Crippen LogP contribution is -2.16. The molecule has 0 N–H and O–H groups in total. The average Bonchev–Trinajstić information content (AvgIpc) is 2.49. The molecule has 0 saturated heterocycles. The molecule has 122 valence electrons. The Morgan fingerprint density at radius 1 is 0.913 bits per heavy atom. The number of halogens is 4. The van der Waals surface area contributed by atoms with E-state index in [-0.39, 0.29) is 0 Å². The molecule has 0 heterocycles. The van der Waals surface area contributed by atoms with E-state index >= 15 is 0 Å². The lowest BCUT2D eigenvalue weighted by molar-refractivity contribution is -0.0697. The van der Waals surface area contributed by atoms with Gasteiger partial charge in [-0.2, -0.15) is 17.6 Å². The predicted octanol–water partition coefficient (Wildman–Crippen LogP) is 4.67. The van der Waals surface area contributed by atoms with Crippen molar-refractivity contribution < 1.29 is 26.0 Å². The maximum Gasteiger partial charge on any atom is 0.420 e. The monoisotopic (exact) mass is 344 g/mol. The van der Waals surface area contributed by atoms with E-state index in [4.69, 9.17) is 0 Å². The van der Waals surface area contributed by atoms with E-state index in [1.165, 1.54) is 30.3 Å². The van der Waals surface area contributed by atoms with Crippen LogP contribution in [0.15, 0.2) is 64.7 Å². The molecule has 0 aliphatic carbocycles. The highest BCUT2D eigenvalue weighted by Crippen LogP contribution is 2.40. The first-order chi connectivity index (χ1) is 10.6. The highest BCUT2D eigenvalue weighted by atomic mass is 32.2. The van der Waals surface area contributed by atoms with Crippen LogP contribution < -0.4 is 0 Å². The maximum absolute atomic E-state index is 14.4. The van der Waals surface area contributed by atoms with Crippen LogP contribution in [0.25, 0.3) is 5.57 Å². The van der Waals surface area contributed by atoms with Crippen molar-refractivity contribution in [3.8, 4) is 0 Å². The van der Waals surface area contributed by atoms with Gasteiger partial charge in [0.1, 0.15) is 5.57 Å². The number of aryl methyl sites for hydroxylation is 1. The zero-order valence-corrected chi connectivity index (χ0v) is 12.7. The van der Waals surface area contributed by atoms with E-state index in [1.54, 1.807) is 6.92 Å². The molecule has 0 amide bonds. The van der Waals surface area contributed by atoms with E-state index in [0.29, 0.717) is 5.56 Å². The van der Waals surface area contributed by atoms with Crippen LogP contribution in [0.2, 0.25) is 0 Å². The summed E-state index contributed by atoms with van der Waals surface area (Å²) in [6.07, 6.45) is -5.15. The highest BCUT2D eigenvalue weighted by molar-refractivity contribution is 7.95. The zero-order chi connectivity index (χ0) is 17.3. The Morgan fingerprint density at radius 3 is 1.91 bits per heavy atom. The molecule has 0 fully saturated rings. The summed E-state index contributed by atoms with van der Waals surface area (Å²) in [4.78, 5) is -0.536.